The Balaban J connectivity index is 4.72. The Morgan fingerprint density at radius 1 is 1.06 bits per heavy atom. The maximum absolute atomic E-state index is 8.54. The van der Waals surface area contributed by atoms with Gasteiger partial charge in [0.15, 0.2) is 0 Å². The summed E-state index contributed by atoms with van der Waals surface area (Å²) in [7, 11) is 0. The Kier molecular flexibility index (Phi) is 5.59. The number of allylic oxidation sites excluding steroid dienone is 8. The highest BCUT2D eigenvalue weighted by atomic mass is 14.2. The summed E-state index contributed by atoms with van der Waals surface area (Å²) in [6, 6.07) is 1.94. The smallest absolute Gasteiger partial charge is 0.0985 e. The molecule has 1 nitrogen and oxygen atoms in total. The molecule has 0 rings (SSSR count). The number of rotatable bonds is 5. The highest BCUT2D eigenvalue weighted by Gasteiger charge is 1.99. The molecule has 0 amide bonds. The van der Waals surface area contributed by atoms with Gasteiger partial charge in [-0.3, -0.25) is 0 Å². The van der Waals surface area contributed by atoms with E-state index in [4.69, 9.17) is 5.26 Å². The molecule has 0 saturated heterocycles. The molecule has 0 aliphatic heterocycles. The molecular weight excluding hydrogens is 194 g/mol. The number of hydrogen-bond acceptors (Lipinski definition) is 1. The van der Waals surface area contributed by atoms with Gasteiger partial charge in [0, 0.05) is 5.57 Å². The van der Waals surface area contributed by atoms with Gasteiger partial charge < -0.3 is 0 Å². The fraction of sp³-hybridized carbons (Fsp3) is 0.133. The van der Waals surface area contributed by atoms with Crippen LogP contribution in [-0.2, 0) is 0 Å². The summed E-state index contributed by atoms with van der Waals surface area (Å²) in [5, 5.41) is 8.54. The predicted octanol–water partition coefficient (Wildman–Crippen LogP) is 4.26. The second-order valence-electron chi connectivity index (χ2n) is 3.65. The van der Waals surface area contributed by atoms with Gasteiger partial charge in [0.1, 0.15) is 0 Å². The minimum Gasteiger partial charge on any atom is -0.192 e. The summed E-state index contributed by atoms with van der Waals surface area (Å²) in [5.41, 5.74) is 3.99. The van der Waals surface area contributed by atoms with Gasteiger partial charge in [-0.25, -0.2) is 0 Å². The van der Waals surface area contributed by atoms with Gasteiger partial charge in [0.2, 0.25) is 0 Å². The minimum atomic E-state index is 0.399. The van der Waals surface area contributed by atoms with Crippen molar-refractivity contribution in [2.75, 3.05) is 0 Å². The molecule has 0 aliphatic carbocycles. The highest BCUT2D eigenvalue weighted by molar-refractivity contribution is 5.50. The van der Waals surface area contributed by atoms with Crippen molar-refractivity contribution in [1.82, 2.24) is 0 Å². The molecule has 0 unspecified atom stereocenters. The van der Waals surface area contributed by atoms with Crippen LogP contribution in [0.5, 0.6) is 0 Å². The maximum Gasteiger partial charge on any atom is 0.0985 e. The van der Waals surface area contributed by atoms with Crippen LogP contribution in [0.4, 0.5) is 0 Å². The van der Waals surface area contributed by atoms with Crippen LogP contribution in [0, 0.1) is 11.3 Å². The van der Waals surface area contributed by atoms with Gasteiger partial charge in [-0.2, -0.15) is 5.26 Å². The highest BCUT2D eigenvalue weighted by Crippen LogP contribution is 2.18. The molecule has 0 aromatic heterocycles. The molecule has 0 aromatic rings. The Labute approximate surface area is 98.1 Å². The molecule has 0 heterocycles. The number of hydrogen-bond donors (Lipinski definition) is 0. The molecule has 0 bridgehead atoms. The minimum absolute atomic E-state index is 0.399. The van der Waals surface area contributed by atoms with E-state index in [0.29, 0.717) is 5.57 Å². The van der Waals surface area contributed by atoms with Crippen LogP contribution in [0.15, 0.2) is 72.4 Å². The molecule has 0 spiro atoms. The van der Waals surface area contributed by atoms with Crippen LogP contribution in [0.1, 0.15) is 13.8 Å². The summed E-state index contributed by atoms with van der Waals surface area (Å²) in [4.78, 5) is 0. The average molecular weight is 211 g/mol. The molecule has 1 heteroatoms. The average Bonchev–Trinajstić information content (AvgIpc) is 2.23. The Hall–Kier alpha value is -2.07. The van der Waals surface area contributed by atoms with Gasteiger partial charge in [-0.1, -0.05) is 44.0 Å². The van der Waals surface area contributed by atoms with Gasteiger partial charge in [0.25, 0.3) is 0 Å². The third-order valence-corrected chi connectivity index (χ3v) is 1.96. The van der Waals surface area contributed by atoms with E-state index in [9.17, 15) is 0 Å². The zero-order chi connectivity index (χ0) is 12.7. The lowest BCUT2D eigenvalue weighted by Crippen LogP contribution is -1.86. The zero-order valence-electron chi connectivity index (χ0n) is 10.0. The summed E-state index contributed by atoms with van der Waals surface area (Å²) >= 11 is 0. The van der Waals surface area contributed by atoms with Gasteiger partial charge in [0.05, 0.1) is 6.07 Å². The predicted molar refractivity (Wildman–Crippen MR) is 70.7 cm³/mol. The molecule has 0 atom stereocenters. The normalized spacial score (nSPS) is 10.9. The first-order chi connectivity index (χ1) is 7.38. The summed E-state index contributed by atoms with van der Waals surface area (Å²) in [5.74, 6) is 0. The van der Waals surface area contributed by atoms with Crippen LogP contribution in [0.3, 0.4) is 0 Å². The fourth-order valence-corrected chi connectivity index (χ4v) is 1.05. The molecule has 0 aliphatic rings. The Morgan fingerprint density at radius 3 is 2.06 bits per heavy atom. The van der Waals surface area contributed by atoms with Gasteiger partial charge in [-0.05, 0) is 36.6 Å². The van der Waals surface area contributed by atoms with Crippen molar-refractivity contribution in [1.29, 1.82) is 5.26 Å². The Morgan fingerprint density at radius 2 is 1.62 bits per heavy atom. The SMILES string of the molecule is C=C(C)/C=C(/C)C(=C)C(=C)/C=C\C(=C)C#N. The molecule has 0 radical (unpaired) electrons. The van der Waals surface area contributed by atoms with Crippen molar-refractivity contribution < 1.29 is 0 Å². The standard InChI is InChI=1S/C15H17N/c1-11(2)9-14(5)15(6)13(4)8-7-12(3)10-16/h7-9H,1,3-4,6H2,2,5H3/b8-7-,14-9-. The topological polar surface area (TPSA) is 23.8 Å². The largest absolute Gasteiger partial charge is 0.192 e. The second kappa shape index (κ2) is 6.42. The molecule has 0 fully saturated rings. The van der Waals surface area contributed by atoms with E-state index >= 15 is 0 Å². The lowest BCUT2D eigenvalue weighted by molar-refractivity contribution is 1.37. The second-order valence-corrected chi connectivity index (χ2v) is 3.65. The molecule has 82 valence electrons. The molecule has 0 N–H and O–H groups in total. The van der Waals surface area contributed by atoms with Crippen molar-refractivity contribution in [2.24, 2.45) is 0 Å². The fourth-order valence-electron chi connectivity index (χ4n) is 1.05. The third kappa shape index (κ3) is 4.97. The third-order valence-electron chi connectivity index (χ3n) is 1.96. The van der Waals surface area contributed by atoms with Crippen molar-refractivity contribution in [3.63, 3.8) is 0 Å². The first-order valence-corrected chi connectivity index (χ1v) is 4.88. The number of nitriles is 1. The first-order valence-electron chi connectivity index (χ1n) is 4.88. The van der Waals surface area contributed by atoms with E-state index in [1.165, 1.54) is 0 Å². The van der Waals surface area contributed by atoms with Crippen molar-refractivity contribution in [2.45, 2.75) is 13.8 Å². The van der Waals surface area contributed by atoms with Gasteiger partial charge >= 0.3 is 0 Å². The van der Waals surface area contributed by atoms with E-state index in [0.717, 1.165) is 22.3 Å². The van der Waals surface area contributed by atoms with Crippen molar-refractivity contribution in [3.8, 4) is 6.07 Å². The Bertz CT molecular complexity index is 437. The van der Waals surface area contributed by atoms with Crippen molar-refractivity contribution in [3.05, 3.63) is 72.4 Å². The van der Waals surface area contributed by atoms with Crippen LogP contribution >= 0.6 is 0 Å². The van der Waals surface area contributed by atoms with Crippen molar-refractivity contribution >= 4 is 0 Å². The van der Waals surface area contributed by atoms with Crippen LogP contribution in [0.2, 0.25) is 0 Å². The monoisotopic (exact) mass is 211 g/mol. The summed E-state index contributed by atoms with van der Waals surface area (Å²) in [6.45, 7) is 19.0. The lowest BCUT2D eigenvalue weighted by Gasteiger charge is -2.05. The molecule has 0 aromatic carbocycles. The van der Waals surface area contributed by atoms with E-state index in [1.54, 1.807) is 12.2 Å². The van der Waals surface area contributed by atoms with E-state index in [1.807, 2.05) is 26.0 Å². The van der Waals surface area contributed by atoms with E-state index < -0.39 is 0 Å². The first kappa shape index (κ1) is 13.9. The summed E-state index contributed by atoms with van der Waals surface area (Å²) < 4.78 is 0. The lowest BCUT2D eigenvalue weighted by atomic mass is 10.00. The maximum atomic E-state index is 8.54. The molecule has 16 heavy (non-hydrogen) atoms. The number of nitrogens with zero attached hydrogens (tertiary/aromatic N) is 1. The van der Waals surface area contributed by atoms with Crippen LogP contribution < -0.4 is 0 Å². The quantitative estimate of drug-likeness (QED) is 0.492. The zero-order valence-corrected chi connectivity index (χ0v) is 10.0. The van der Waals surface area contributed by atoms with Crippen LogP contribution in [-0.4, -0.2) is 0 Å². The van der Waals surface area contributed by atoms with E-state index in [-0.39, 0.29) is 0 Å². The molecule has 0 saturated carbocycles. The molecular formula is C15H17N. The summed E-state index contributed by atoms with van der Waals surface area (Å²) in [6.07, 6.45) is 5.31. The van der Waals surface area contributed by atoms with Gasteiger partial charge in [-0.15, -0.1) is 0 Å². The van der Waals surface area contributed by atoms with Crippen LogP contribution in [0.25, 0.3) is 0 Å². The van der Waals surface area contributed by atoms with E-state index in [2.05, 4.69) is 26.3 Å².